The van der Waals surface area contributed by atoms with E-state index in [2.05, 4.69) is 26.0 Å². The minimum atomic E-state index is -0.386. The van der Waals surface area contributed by atoms with Crippen LogP contribution in [0.1, 0.15) is 24.8 Å². The number of imidazole rings is 1. The monoisotopic (exact) mass is 505 g/mol. The summed E-state index contributed by atoms with van der Waals surface area (Å²) < 4.78 is 21.9. The molecule has 1 aliphatic carbocycles. The minimum Gasteiger partial charge on any atom is -0.466 e. The molecule has 150 valence electrons. The maximum Gasteiger partial charge on any atom is 0.309 e. The molecule has 5 nitrogen and oxygen atoms in total. The molecule has 28 heavy (non-hydrogen) atoms. The number of ether oxygens (including phenoxy) is 1. The topological polar surface area (TPSA) is 56.5 Å². The summed E-state index contributed by atoms with van der Waals surface area (Å²) in [5.41, 5.74) is 2.19. The highest BCUT2D eigenvalue weighted by Crippen LogP contribution is 2.48. The summed E-state index contributed by atoms with van der Waals surface area (Å²) in [6.45, 7) is 2.13. The van der Waals surface area contributed by atoms with Crippen LogP contribution in [0.3, 0.4) is 0 Å². The number of esters is 1. The molecule has 0 saturated heterocycles. The maximum atomic E-state index is 14.7. The van der Waals surface area contributed by atoms with E-state index in [-0.39, 0.29) is 50.6 Å². The van der Waals surface area contributed by atoms with Crippen LogP contribution in [0.15, 0.2) is 34.9 Å². The van der Waals surface area contributed by atoms with Gasteiger partial charge in [-0.2, -0.15) is 32.1 Å². The standard InChI is InChI=1S/C18H14BrClFN3O2.2H2S/c1-2-26-18(25)12-6-11(12)9-3-4-10(14(21)5-9)15-8-24-17(22-15)13(19)7-16(20)23-24;;/h3-5,7-8,11-12H,2,6H2,1H3;2*1H2/t11-,12+;;/m1../s1. The summed E-state index contributed by atoms with van der Waals surface area (Å²) in [4.78, 5) is 16.2. The lowest BCUT2D eigenvalue weighted by molar-refractivity contribution is -0.144. The molecule has 0 bridgehead atoms. The number of rotatable bonds is 4. The summed E-state index contributed by atoms with van der Waals surface area (Å²) in [5, 5.41) is 4.44. The van der Waals surface area contributed by atoms with E-state index in [9.17, 15) is 9.18 Å². The third-order valence-corrected chi connectivity index (χ3v) is 5.20. The second kappa shape index (κ2) is 9.02. The first-order valence-electron chi connectivity index (χ1n) is 8.15. The number of hydrogen-bond acceptors (Lipinski definition) is 4. The Balaban J connectivity index is 0.00000140. The van der Waals surface area contributed by atoms with Crippen LogP contribution >= 0.6 is 54.5 Å². The van der Waals surface area contributed by atoms with Gasteiger partial charge in [-0.15, -0.1) is 0 Å². The molecule has 0 N–H and O–H groups in total. The molecule has 0 unspecified atom stereocenters. The molecular weight excluding hydrogens is 489 g/mol. The van der Waals surface area contributed by atoms with E-state index in [1.165, 1.54) is 10.6 Å². The highest BCUT2D eigenvalue weighted by atomic mass is 79.9. The molecule has 1 aliphatic rings. The van der Waals surface area contributed by atoms with Crippen LogP contribution < -0.4 is 0 Å². The van der Waals surface area contributed by atoms with E-state index in [1.54, 1.807) is 25.3 Å². The Labute approximate surface area is 188 Å². The van der Waals surface area contributed by atoms with Crippen LogP contribution in [0.25, 0.3) is 16.9 Å². The third kappa shape index (κ3) is 4.32. The molecule has 0 amide bonds. The zero-order valence-corrected chi connectivity index (χ0v) is 19.1. The average molecular weight is 507 g/mol. The number of aromatic nitrogens is 3. The molecule has 1 saturated carbocycles. The SMILES string of the molecule is CCOC(=O)[C@H]1C[C@@H]1c1ccc(-c2cn3nc(Cl)cc(Br)c3n2)c(F)c1.S.S. The Morgan fingerprint density at radius 2 is 2.14 bits per heavy atom. The number of halogens is 3. The number of nitrogens with zero attached hydrogens (tertiary/aromatic N) is 3. The van der Waals surface area contributed by atoms with Crippen molar-refractivity contribution < 1.29 is 13.9 Å². The van der Waals surface area contributed by atoms with E-state index in [4.69, 9.17) is 16.3 Å². The molecule has 1 fully saturated rings. The second-order valence-corrected chi connectivity index (χ2v) is 7.39. The van der Waals surface area contributed by atoms with Gasteiger partial charge in [-0.25, -0.2) is 13.9 Å². The molecule has 2 aromatic heterocycles. The van der Waals surface area contributed by atoms with Crippen molar-refractivity contribution in [2.45, 2.75) is 19.3 Å². The Morgan fingerprint density at radius 1 is 1.39 bits per heavy atom. The summed E-state index contributed by atoms with van der Waals surface area (Å²) in [5.74, 6) is -0.747. The molecule has 2 atom stereocenters. The van der Waals surface area contributed by atoms with Crippen molar-refractivity contribution in [1.82, 2.24) is 14.6 Å². The fourth-order valence-electron chi connectivity index (χ4n) is 3.08. The van der Waals surface area contributed by atoms with E-state index in [0.717, 1.165) is 5.56 Å². The van der Waals surface area contributed by atoms with Crippen LogP contribution in [0.5, 0.6) is 0 Å². The van der Waals surface area contributed by atoms with Crippen LogP contribution in [0.2, 0.25) is 5.15 Å². The summed E-state index contributed by atoms with van der Waals surface area (Å²) in [6.07, 6.45) is 2.32. The molecular formula is C18H18BrClFN3O2S2. The first kappa shape index (κ1) is 23.0. The number of carbonyl (C=O) groups excluding carboxylic acids is 1. The first-order chi connectivity index (χ1) is 12.5. The number of fused-ring (bicyclic) bond motifs is 1. The molecule has 10 heteroatoms. The van der Waals surface area contributed by atoms with Crippen molar-refractivity contribution in [3.8, 4) is 11.3 Å². The van der Waals surface area contributed by atoms with Gasteiger partial charge in [0.1, 0.15) is 5.82 Å². The molecule has 0 spiro atoms. The van der Waals surface area contributed by atoms with Crippen molar-refractivity contribution in [3.05, 3.63) is 51.5 Å². The van der Waals surface area contributed by atoms with Gasteiger partial charge in [0.05, 0.1) is 28.9 Å². The van der Waals surface area contributed by atoms with E-state index in [1.807, 2.05) is 6.07 Å². The smallest absolute Gasteiger partial charge is 0.309 e. The van der Waals surface area contributed by atoms with Crippen LogP contribution in [0, 0.1) is 11.7 Å². The summed E-state index contributed by atoms with van der Waals surface area (Å²) >= 11 is 9.31. The van der Waals surface area contributed by atoms with Gasteiger partial charge in [-0.05, 0) is 59.0 Å². The van der Waals surface area contributed by atoms with Crippen molar-refractivity contribution in [2.24, 2.45) is 5.92 Å². The predicted octanol–water partition coefficient (Wildman–Crippen LogP) is 4.84. The predicted molar refractivity (Wildman–Crippen MR) is 119 cm³/mol. The third-order valence-electron chi connectivity index (χ3n) is 4.43. The summed E-state index contributed by atoms with van der Waals surface area (Å²) in [7, 11) is 0. The molecule has 3 aromatic rings. The number of hydrogen-bond donors (Lipinski definition) is 0. The fourth-order valence-corrected chi connectivity index (χ4v) is 3.89. The zero-order chi connectivity index (χ0) is 18.4. The van der Waals surface area contributed by atoms with E-state index >= 15 is 0 Å². The van der Waals surface area contributed by atoms with Gasteiger partial charge in [0.15, 0.2) is 10.8 Å². The van der Waals surface area contributed by atoms with E-state index < -0.39 is 0 Å². The molecule has 4 rings (SSSR count). The zero-order valence-electron chi connectivity index (χ0n) is 14.7. The van der Waals surface area contributed by atoms with Gasteiger partial charge in [-0.3, -0.25) is 4.79 Å². The van der Waals surface area contributed by atoms with Crippen LogP contribution in [-0.2, 0) is 9.53 Å². The van der Waals surface area contributed by atoms with Crippen molar-refractivity contribution in [2.75, 3.05) is 6.61 Å². The summed E-state index contributed by atoms with van der Waals surface area (Å²) in [6, 6.07) is 6.62. The number of carbonyl (C=O) groups is 1. The van der Waals surface area contributed by atoms with Gasteiger partial charge in [-0.1, -0.05) is 17.7 Å². The molecule has 1 aromatic carbocycles. The normalized spacial score (nSPS) is 17.6. The Bertz CT molecular complexity index is 1030. The fraction of sp³-hybridized carbons (Fsp3) is 0.278. The lowest BCUT2D eigenvalue weighted by atomic mass is 10.0. The van der Waals surface area contributed by atoms with Gasteiger partial charge < -0.3 is 4.74 Å². The van der Waals surface area contributed by atoms with Gasteiger partial charge in [0.2, 0.25) is 0 Å². The first-order valence-corrected chi connectivity index (χ1v) is 9.33. The Kier molecular flexibility index (Phi) is 7.41. The maximum absolute atomic E-state index is 14.7. The lowest BCUT2D eigenvalue weighted by Crippen LogP contribution is -2.07. The van der Waals surface area contributed by atoms with Crippen LogP contribution in [-0.4, -0.2) is 27.2 Å². The van der Waals surface area contributed by atoms with Crippen LogP contribution in [0.4, 0.5) is 4.39 Å². The average Bonchev–Trinajstić information content (AvgIpc) is 3.28. The number of benzene rings is 1. The van der Waals surface area contributed by atoms with Gasteiger partial charge in [0, 0.05) is 5.56 Å². The Morgan fingerprint density at radius 3 is 2.82 bits per heavy atom. The van der Waals surface area contributed by atoms with Crippen molar-refractivity contribution in [1.29, 1.82) is 0 Å². The van der Waals surface area contributed by atoms with E-state index in [0.29, 0.717) is 39.6 Å². The largest absolute Gasteiger partial charge is 0.466 e. The van der Waals surface area contributed by atoms with Crippen molar-refractivity contribution in [3.63, 3.8) is 0 Å². The van der Waals surface area contributed by atoms with Crippen molar-refractivity contribution >= 4 is 66.1 Å². The Hall–Kier alpha value is -1.29. The highest BCUT2D eigenvalue weighted by Gasteiger charge is 2.45. The lowest BCUT2D eigenvalue weighted by Gasteiger charge is -2.04. The molecule has 0 radical (unpaired) electrons. The quantitative estimate of drug-likeness (QED) is 0.475. The molecule has 2 heterocycles. The van der Waals surface area contributed by atoms with Gasteiger partial charge >= 0.3 is 5.97 Å². The second-order valence-electron chi connectivity index (χ2n) is 6.15. The van der Waals surface area contributed by atoms with Gasteiger partial charge in [0.25, 0.3) is 0 Å². The molecule has 0 aliphatic heterocycles. The minimum absolute atomic E-state index is 0. The highest BCUT2D eigenvalue weighted by molar-refractivity contribution is 9.10.